The number of amides is 1. The van der Waals surface area contributed by atoms with Crippen LogP contribution in [-0.4, -0.2) is 31.7 Å². The first-order valence-corrected chi connectivity index (χ1v) is 4.56. The number of nitrogens with one attached hydrogen (secondary N) is 2. The smallest absolute Gasteiger partial charge is 0.348 e. The van der Waals surface area contributed by atoms with Gasteiger partial charge in [-0.25, -0.2) is 0 Å². The molecule has 90 valence electrons. The zero-order valence-corrected chi connectivity index (χ0v) is 8.88. The van der Waals surface area contributed by atoms with Crippen molar-refractivity contribution in [3.8, 4) is 0 Å². The molecule has 0 aromatic heterocycles. The normalized spacial score (nSPS) is 21.7. The van der Waals surface area contributed by atoms with Crippen LogP contribution in [-0.2, 0) is 4.79 Å². The van der Waals surface area contributed by atoms with Crippen LogP contribution in [0.2, 0.25) is 0 Å². The lowest BCUT2D eigenvalue weighted by molar-refractivity contribution is -0.173. The Hall–Kier alpha value is -0.490. The second-order valence-electron chi connectivity index (χ2n) is 3.42. The molecule has 0 unspecified atom stereocenters. The highest BCUT2D eigenvalue weighted by Crippen LogP contribution is 2.15. The summed E-state index contributed by atoms with van der Waals surface area (Å²) in [5.41, 5.74) is 0. The van der Waals surface area contributed by atoms with E-state index in [1.54, 1.807) is 0 Å². The average Bonchev–Trinajstić information content (AvgIpc) is 2.14. The van der Waals surface area contributed by atoms with Crippen molar-refractivity contribution < 1.29 is 18.0 Å². The summed E-state index contributed by atoms with van der Waals surface area (Å²) >= 11 is 0. The Balaban J connectivity index is 0.00000196. The van der Waals surface area contributed by atoms with Crippen LogP contribution in [0, 0.1) is 5.92 Å². The van der Waals surface area contributed by atoms with Gasteiger partial charge >= 0.3 is 12.1 Å². The Morgan fingerprint density at radius 1 is 1.47 bits per heavy atom. The van der Waals surface area contributed by atoms with Crippen LogP contribution in [0.3, 0.4) is 0 Å². The molecule has 1 amide bonds. The molecule has 7 heteroatoms. The van der Waals surface area contributed by atoms with Gasteiger partial charge < -0.3 is 10.6 Å². The van der Waals surface area contributed by atoms with E-state index in [1.165, 1.54) is 0 Å². The Kier molecular flexibility index (Phi) is 5.97. The minimum absolute atomic E-state index is 0. The fourth-order valence-corrected chi connectivity index (χ4v) is 1.44. The molecule has 0 aromatic carbocycles. The van der Waals surface area contributed by atoms with Crippen molar-refractivity contribution in [1.29, 1.82) is 0 Å². The second-order valence-corrected chi connectivity index (χ2v) is 3.42. The van der Waals surface area contributed by atoms with Crippen molar-refractivity contribution >= 4 is 18.3 Å². The van der Waals surface area contributed by atoms with E-state index in [2.05, 4.69) is 5.32 Å². The number of hydrogen-bond donors (Lipinski definition) is 2. The van der Waals surface area contributed by atoms with E-state index in [0.717, 1.165) is 19.4 Å². The number of rotatable bonds is 2. The molecule has 0 aromatic rings. The summed E-state index contributed by atoms with van der Waals surface area (Å²) in [4.78, 5) is 10.5. The van der Waals surface area contributed by atoms with Crippen molar-refractivity contribution in [2.24, 2.45) is 5.92 Å². The van der Waals surface area contributed by atoms with Gasteiger partial charge in [-0.2, -0.15) is 13.2 Å². The molecule has 1 saturated heterocycles. The molecule has 15 heavy (non-hydrogen) atoms. The number of hydrogen-bond acceptors (Lipinski definition) is 2. The summed E-state index contributed by atoms with van der Waals surface area (Å²) in [6.45, 7) is 1.69. The summed E-state index contributed by atoms with van der Waals surface area (Å²) < 4.78 is 35.3. The number of halogens is 4. The lowest BCUT2D eigenvalue weighted by atomic mass is 10.00. The maximum atomic E-state index is 11.8. The topological polar surface area (TPSA) is 41.1 Å². The van der Waals surface area contributed by atoms with Gasteiger partial charge in [-0.15, -0.1) is 12.4 Å². The summed E-state index contributed by atoms with van der Waals surface area (Å²) in [6, 6.07) is 0. The van der Waals surface area contributed by atoms with Crippen LogP contribution in [0.15, 0.2) is 0 Å². The maximum Gasteiger partial charge on any atom is 0.471 e. The van der Waals surface area contributed by atoms with E-state index in [-0.39, 0.29) is 24.9 Å². The average molecular weight is 247 g/mol. The molecule has 1 aliphatic heterocycles. The number of alkyl halides is 3. The highest BCUT2D eigenvalue weighted by Gasteiger charge is 2.38. The van der Waals surface area contributed by atoms with Gasteiger partial charge in [0.05, 0.1) is 0 Å². The molecule has 2 N–H and O–H groups in total. The highest BCUT2D eigenvalue weighted by atomic mass is 35.5. The Morgan fingerprint density at radius 3 is 2.60 bits per heavy atom. The molecule has 1 aliphatic rings. The van der Waals surface area contributed by atoms with Crippen LogP contribution >= 0.6 is 12.4 Å². The summed E-state index contributed by atoms with van der Waals surface area (Å²) in [7, 11) is 0. The fourth-order valence-electron chi connectivity index (χ4n) is 1.44. The lowest BCUT2D eigenvalue weighted by Gasteiger charge is -2.23. The second kappa shape index (κ2) is 6.17. The minimum atomic E-state index is -4.76. The maximum absolute atomic E-state index is 11.8. The zero-order valence-electron chi connectivity index (χ0n) is 8.06. The summed E-state index contributed by atoms with van der Waals surface area (Å²) in [6.07, 6.45) is -2.94. The van der Waals surface area contributed by atoms with Crippen LogP contribution < -0.4 is 10.6 Å². The largest absolute Gasteiger partial charge is 0.471 e. The molecule has 0 radical (unpaired) electrons. The molecule has 1 rings (SSSR count). The van der Waals surface area contributed by atoms with Gasteiger partial charge in [0.25, 0.3) is 0 Å². The predicted molar refractivity (Wildman–Crippen MR) is 51.9 cm³/mol. The molecule has 0 spiro atoms. The van der Waals surface area contributed by atoms with Gasteiger partial charge in [-0.3, -0.25) is 4.79 Å². The van der Waals surface area contributed by atoms with Gasteiger partial charge in [0.15, 0.2) is 0 Å². The van der Waals surface area contributed by atoms with Gasteiger partial charge in [0.1, 0.15) is 0 Å². The van der Waals surface area contributed by atoms with E-state index in [0.29, 0.717) is 6.54 Å². The Bertz CT molecular complexity index is 205. The van der Waals surface area contributed by atoms with E-state index in [1.807, 2.05) is 5.32 Å². The highest BCUT2D eigenvalue weighted by molar-refractivity contribution is 5.85. The zero-order chi connectivity index (χ0) is 10.6. The van der Waals surface area contributed by atoms with Crippen molar-refractivity contribution in [2.75, 3.05) is 19.6 Å². The fraction of sp³-hybridized carbons (Fsp3) is 0.875. The van der Waals surface area contributed by atoms with Gasteiger partial charge in [-0.05, 0) is 31.8 Å². The Morgan fingerprint density at radius 2 is 2.13 bits per heavy atom. The molecule has 1 heterocycles. The number of piperidine rings is 1. The van der Waals surface area contributed by atoms with Crippen LogP contribution in [0.5, 0.6) is 0 Å². The van der Waals surface area contributed by atoms with Gasteiger partial charge in [0.2, 0.25) is 0 Å². The minimum Gasteiger partial charge on any atom is -0.348 e. The predicted octanol–water partition coefficient (Wildman–Crippen LogP) is 1.09. The van der Waals surface area contributed by atoms with E-state index < -0.39 is 12.1 Å². The quantitative estimate of drug-likeness (QED) is 0.766. The monoisotopic (exact) mass is 246 g/mol. The summed E-state index contributed by atoms with van der Waals surface area (Å²) in [5, 5.41) is 4.95. The number of carbonyl (C=O) groups is 1. The van der Waals surface area contributed by atoms with Crippen molar-refractivity contribution in [3.05, 3.63) is 0 Å². The first kappa shape index (κ1) is 14.5. The summed E-state index contributed by atoms with van der Waals surface area (Å²) in [5.74, 6) is -1.72. The van der Waals surface area contributed by atoms with Crippen molar-refractivity contribution in [1.82, 2.24) is 10.6 Å². The van der Waals surface area contributed by atoms with Crippen LogP contribution in [0.1, 0.15) is 12.8 Å². The molecule has 1 fully saturated rings. The molecular formula is C8H14ClF3N2O. The standard InChI is InChI=1S/C8H13F3N2O.ClH/c9-8(10,11)7(14)13-5-6-2-1-3-12-4-6;/h6,12H,1-5H2,(H,13,14);1H/t6-;/m0./s1. The van der Waals surface area contributed by atoms with Crippen LogP contribution in [0.4, 0.5) is 13.2 Å². The SMILES string of the molecule is Cl.O=C(NC[C@H]1CCCNC1)C(F)(F)F. The first-order chi connectivity index (χ1) is 6.50. The third kappa shape index (κ3) is 5.22. The van der Waals surface area contributed by atoms with Crippen molar-refractivity contribution in [2.45, 2.75) is 19.0 Å². The Labute approximate surface area is 92.2 Å². The third-order valence-corrected chi connectivity index (χ3v) is 2.21. The van der Waals surface area contributed by atoms with Gasteiger partial charge in [-0.1, -0.05) is 0 Å². The molecule has 0 saturated carbocycles. The van der Waals surface area contributed by atoms with Crippen molar-refractivity contribution in [3.63, 3.8) is 0 Å². The van der Waals surface area contributed by atoms with Crippen LogP contribution in [0.25, 0.3) is 0 Å². The lowest BCUT2D eigenvalue weighted by Crippen LogP contribution is -2.42. The van der Waals surface area contributed by atoms with E-state index in [4.69, 9.17) is 0 Å². The molecular weight excluding hydrogens is 233 g/mol. The first-order valence-electron chi connectivity index (χ1n) is 4.56. The molecule has 0 bridgehead atoms. The number of carbonyl (C=O) groups excluding carboxylic acids is 1. The third-order valence-electron chi connectivity index (χ3n) is 2.21. The molecule has 3 nitrogen and oxygen atoms in total. The molecule has 1 atom stereocenters. The van der Waals surface area contributed by atoms with Gasteiger partial charge in [0, 0.05) is 6.54 Å². The van der Waals surface area contributed by atoms with E-state index in [9.17, 15) is 18.0 Å². The van der Waals surface area contributed by atoms with E-state index >= 15 is 0 Å². The molecule has 0 aliphatic carbocycles.